The number of benzene rings is 1. The number of hydrogen-bond acceptors (Lipinski definition) is 8. The molecule has 1 atom stereocenters. The molecule has 178 valence electrons. The molecule has 10 nitrogen and oxygen atoms in total. The summed E-state index contributed by atoms with van der Waals surface area (Å²) in [6.07, 6.45) is 2.23. The fourth-order valence-electron chi connectivity index (χ4n) is 4.51. The Kier molecular flexibility index (Phi) is 5.56. The monoisotopic (exact) mass is 466 g/mol. The summed E-state index contributed by atoms with van der Waals surface area (Å²) in [5, 5.41) is 7.34. The first-order chi connectivity index (χ1) is 16.4. The predicted molar refractivity (Wildman–Crippen MR) is 128 cm³/mol. The summed E-state index contributed by atoms with van der Waals surface area (Å²) in [7, 11) is 5.88. The third-order valence-electron chi connectivity index (χ3n) is 6.37. The molecule has 1 amide bonds. The number of hydrogen-bond donors (Lipinski definition) is 3. The summed E-state index contributed by atoms with van der Waals surface area (Å²) in [6.45, 7) is 3.42. The second-order valence-electron chi connectivity index (χ2n) is 8.74. The first-order valence-corrected chi connectivity index (χ1v) is 11.1. The van der Waals surface area contributed by atoms with Crippen LogP contribution < -0.4 is 15.5 Å². The minimum Gasteiger partial charge on any atom is -0.438 e. The molecule has 1 aliphatic heterocycles. The predicted octanol–water partition coefficient (Wildman–Crippen LogP) is 2.66. The first kappa shape index (κ1) is 22.1. The number of amides is 1. The van der Waals surface area contributed by atoms with Crippen molar-refractivity contribution >= 4 is 39.3 Å². The number of H-pyrrole nitrogens is 1. The Hall–Kier alpha value is -3.73. The van der Waals surface area contributed by atoms with Gasteiger partial charge in [0, 0.05) is 31.6 Å². The lowest BCUT2D eigenvalue weighted by Gasteiger charge is -2.22. The second kappa shape index (κ2) is 8.56. The zero-order valence-corrected chi connectivity index (χ0v) is 19.6. The standard InChI is InChI=1S/C23H27FN8O2/c1-12-20(34-11-27-12)23(33)26-9-17-28-21-18(15-7-13(24)8-16(25-2)19(15)30-21)22(29-17)32-6-5-14(10-32)31(3)4/h7-8,11,14,25H,5-6,9-10H2,1-4H3,(H,26,33)(H,28,29,30). The number of carbonyl (C=O) groups excluding carboxylic acids is 1. The smallest absolute Gasteiger partial charge is 0.289 e. The van der Waals surface area contributed by atoms with Gasteiger partial charge in [-0.3, -0.25) is 4.79 Å². The molecule has 3 N–H and O–H groups in total. The van der Waals surface area contributed by atoms with Crippen molar-refractivity contribution in [2.75, 3.05) is 44.4 Å². The van der Waals surface area contributed by atoms with Gasteiger partial charge in [-0.2, -0.15) is 0 Å². The summed E-state index contributed by atoms with van der Waals surface area (Å²) in [6, 6.07) is 3.34. The van der Waals surface area contributed by atoms with Gasteiger partial charge < -0.3 is 29.8 Å². The maximum atomic E-state index is 14.4. The van der Waals surface area contributed by atoms with Gasteiger partial charge in [-0.1, -0.05) is 0 Å². The molecule has 1 aromatic carbocycles. The molecule has 5 rings (SSSR count). The van der Waals surface area contributed by atoms with Gasteiger partial charge in [0.05, 0.1) is 28.8 Å². The van der Waals surface area contributed by atoms with Crippen molar-refractivity contribution in [1.82, 2.24) is 30.2 Å². The average molecular weight is 467 g/mol. The van der Waals surface area contributed by atoms with E-state index in [4.69, 9.17) is 9.40 Å². The van der Waals surface area contributed by atoms with E-state index in [1.807, 2.05) is 0 Å². The zero-order valence-electron chi connectivity index (χ0n) is 19.6. The molecule has 1 fully saturated rings. The third kappa shape index (κ3) is 3.81. The zero-order chi connectivity index (χ0) is 24.0. The van der Waals surface area contributed by atoms with Gasteiger partial charge in [-0.15, -0.1) is 0 Å². The highest BCUT2D eigenvalue weighted by atomic mass is 19.1. The van der Waals surface area contributed by atoms with Crippen LogP contribution >= 0.6 is 0 Å². The van der Waals surface area contributed by atoms with Gasteiger partial charge in [0.2, 0.25) is 5.76 Å². The van der Waals surface area contributed by atoms with E-state index in [2.05, 4.69) is 49.5 Å². The lowest BCUT2D eigenvalue weighted by atomic mass is 10.1. The van der Waals surface area contributed by atoms with Crippen LogP contribution in [-0.2, 0) is 6.54 Å². The Morgan fingerprint density at radius 1 is 1.35 bits per heavy atom. The van der Waals surface area contributed by atoms with Gasteiger partial charge in [0.25, 0.3) is 5.91 Å². The van der Waals surface area contributed by atoms with Crippen LogP contribution in [0.25, 0.3) is 21.9 Å². The highest BCUT2D eigenvalue weighted by molar-refractivity contribution is 6.14. The van der Waals surface area contributed by atoms with Crippen molar-refractivity contribution in [3.8, 4) is 0 Å². The molecule has 0 radical (unpaired) electrons. The van der Waals surface area contributed by atoms with E-state index < -0.39 is 0 Å². The number of nitrogens with zero attached hydrogens (tertiary/aromatic N) is 5. The summed E-state index contributed by atoms with van der Waals surface area (Å²) in [5.74, 6) is 0.613. The highest BCUT2D eigenvalue weighted by Gasteiger charge is 2.28. The molecule has 3 aromatic heterocycles. The Balaban J connectivity index is 1.58. The van der Waals surface area contributed by atoms with Crippen molar-refractivity contribution in [1.29, 1.82) is 0 Å². The molecular weight excluding hydrogens is 439 g/mol. The fraction of sp³-hybridized carbons (Fsp3) is 0.391. The van der Waals surface area contributed by atoms with Crippen molar-refractivity contribution < 1.29 is 13.6 Å². The summed E-state index contributed by atoms with van der Waals surface area (Å²) in [4.78, 5) is 33.7. The maximum Gasteiger partial charge on any atom is 0.289 e. The lowest BCUT2D eigenvalue weighted by molar-refractivity contribution is 0.0921. The van der Waals surface area contributed by atoms with Crippen LogP contribution in [0.4, 0.5) is 15.9 Å². The number of aromatic amines is 1. The molecule has 1 aliphatic rings. The summed E-state index contributed by atoms with van der Waals surface area (Å²) in [5.41, 5.74) is 2.51. The Morgan fingerprint density at radius 3 is 2.85 bits per heavy atom. The van der Waals surface area contributed by atoms with Crippen LogP contribution in [-0.4, -0.2) is 71.0 Å². The SMILES string of the molecule is CNc1cc(F)cc2c1[nH]c1nc(CNC(=O)c3ocnc3C)nc(N3CCC(N(C)C)C3)c12. The minimum absolute atomic E-state index is 0.107. The number of aromatic nitrogens is 4. The molecule has 0 spiro atoms. The van der Waals surface area contributed by atoms with Crippen LogP contribution in [0.3, 0.4) is 0 Å². The number of aryl methyl sites for hydroxylation is 1. The van der Waals surface area contributed by atoms with E-state index in [1.54, 1.807) is 14.0 Å². The van der Waals surface area contributed by atoms with E-state index in [1.165, 1.54) is 18.5 Å². The molecule has 0 saturated carbocycles. The van der Waals surface area contributed by atoms with Crippen LogP contribution in [0, 0.1) is 12.7 Å². The molecule has 1 unspecified atom stereocenters. The minimum atomic E-state index is -0.384. The molecule has 34 heavy (non-hydrogen) atoms. The van der Waals surface area contributed by atoms with Crippen molar-refractivity contribution in [2.45, 2.75) is 25.9 Å². The quantitative estimate of drug-likeness (QED) is 0.397. The fourth-order valence-corrected chi connectivity index (χ4v) is 4.51. The van der Waals surface area contributed by atoms with Crippen LogP contribution in [0.5, 0.6) is 0 Å². The molecule has 4 aromatic rings. The van der Waals surface area contributed by atoms with Crippen molar-refractivity contribution in [2.24, 2.45) is 0 Å². The number of halogens is 1. The normalized spacial score (nSPS) is 16.2. The molecular formula is C23H27FN8O2. The van der Waals surface area contributed by atoms with Gasteiger partial charge >= 0.3 is 0 Å². The molecule has 4 heterocycles. The number of carbonyl (C=O) groups is 1. The van der Waals surface area contributed by atoms with Gasteiger partial charge in [-0.25, -0.2) is 19.3 Å². The Labute approximate surface area is 195 Å². The molecule has 1 saturated heterocycles. The molecule has 0 bridgehead atoms. The Bertz CT molecular complexity index is 1380. The third-order valence-corrected chi connectivity index (χ3v) is 6.37. The van der Waals surface area contributed by atoms with E-state index in [0.29, 0.717) is 28.9 Å². The van der Waals surface area contributed by atoms with E-state index >= 15 is 0 Å². The summed E-state index contributed by atoms with van der Waals surface area (Å²) >= 11 is 0. The summed E-state index contributed by atoms with van der Waals surface area (Å²) < 4.78 is 19.6. The van der Waals surface area contributed by atoms with Gasteiger partial charge in [-0.05, 0) is 39.6 Å². The number of anilines is 2. The number of fused-ring (bicyclic) bond motifs is 3. The maximum absolute atomic E-state index is 14.4. The van der Waals surface area contributed by atoms with Gasteiger partial charge in [0.15, 0.2) is 12.2 Å². The van der Waals surface area contributed by atoms with Crippen molar-refractivity contribution in [3.05, 3.63) is 41.6 Å². The highest BCUT2D eigenvalue weighted by Crippen LogP contribution is 2.36. The number of rotatable bonds is 6. The van der Waals surface area contributed by atoms with Crippen molar-refractivity contribution in [3.63, 3.8) is 0 Å². The number of oxazole rings is 1. The van der Waals surface area contributed by atoms with E-state index in [9.17, 15) is 9.18 Å². The molecule has 0 aliphatic carbocycles. The van der Waals surface area contributed by atoms with E-state index in [0.717, 1.165) is 41.6 Å². The van der Waals surface area contributed by atoms with E-state index in [-0.39, 0.29) is 24.0 Å². The lowest BCUT2D eigenvalue weighted by Crippen LogP contribution is -2.32. The van der Waals surface area contributed by atoms with Crippen LogP contribution in [0.15, 0.2) is 22.9 Å². The van der Waals surface area contributed by atoms with Gasteiger partial charge in [0.1, 0.15) is 17.3 Å². The average Bonchev–Trinajstić information content (AvgIpc) is 3.54. The Morgan fingerprint density at radius 2 is 2.18 bits per heavy atom. The number of likely N-dealkylation sites (N-methyl/N-ethyl adjacent to an activating group) is 1. The molecule has 11 heteroatoms. The largest absolute Gasteiger partial charge is 0.438 e. The van der Waals surface area contributed by atoms with Crippen LogP contribution in [0.1, 0.15) is 28.5 Å². The topological polar surface area (TPSA) is 115 Å². The second-order valence-corrected chi connectivity index (χ2v) is 8.74. The first-order valence-electron chi connectivity index (χ1n) is 11.1. The number of nitrogens with one attached hydrogen (secondary N) is 3. The van der Waals surface area contributed by atoms with Crippen LogP contribution in [0.2, 0.25) is 0 Å².